The number of hydrogen-bond acceptors (Lipinski definition) is 2. The first kappa shape index (κ1) is 11.7. The Labute approximate surface area is 90.5 Å². The monoisotopic (exact) mass is 208 g/mol. The number of methoxy groups -OCH3 is 1. The third-order valence-electron chi connectivity index (χ3n) is 2.34. The molecule has 15 heavy (non-hydrogen) atoms. The van der Waals surface area contributed by atoms with Gasteiger partial charge in [0.05, 0.1) is 12.7 Å². The topological polar surface area (TPSA) is 52.7 Å². The highest BCUT2D eigenvalue weighted by Crippen LogP contribution is 2.00. The number of ether oxygens (including phenoxy) is 1. The second-order valence-corrected chi connectivity index (χ2v) is 3.46. The summed E-state index contributed by atoms with van der Waals surface area (Å²) in [6, 6.07) is 2.16. The van der Waals surface area contributed by atoms with Crippen LogP contribution in [0, 0.1) is 11.3 Å². The number of H-pyrrole nitrogens is 1. The third-order valence-corrected chi connectivity index (χ3v) is 2.34. The normalized spacial score (nSPS) is 10.1. The van der Waals surface area contributed by atoms with Crippen molar-refractivity contribution >= 4 is 0 Å². The van der Waals surface area contributed by atoms with Crippen molar-refractivity contribution in [3.63, 3.8) is 0 Å². The smallest absolute Gasteiger partial charge is 0.254 e. The van der Waals surface area contributed by atoms with Gasteiger partial charge in [-0.2, -0.15) is 5.26 Å². The van der Waals surface area contributed by atoms with E-state index in [9.17, 15) is 0 Å². The van der Waals surface area contributed by atoms with E-state index in [0.717, 1.165) is 32.4 Å². The fraction of sp³-hybridized carbons (Fsp3) is 0.636. The van der Waals surface area contributed by atoms with Crippen LogP contribution in [0.3, 0.4) is 0 Å². The Morgan fingerprint density at radius 2 is 2.40 bits per heavy atom. The van der Waals surface area contributed by atoms with Crippen molar-refractivity contribution in [3.8, 4) is 6.07 Å². The van der Waals surface area contributed by atoms with Crippen molar-refractivity contribution in [3.05, 3.63) is 18.2 Å². The quantitative estimate of drug-likeness (QED) is 0.540. The van der Waals surface area contributed by atoms with Crippen LogP contribution < -0.4 is 4.57 Å². The zero-order chi connectivity index (χ0) is 10.9. The van der Waals surface area contributed by atoms with Crippen molar-refractivity contribution in [2.24, 2.45) is 0 Å². The molecule has 0 aliphatic carbocycles. The van der Waals surface area contributed by atoms with Crippen LogP contribution in [0.4, 0.5) is 0 Å². The summed E-state index contributed by atoms with van der Waals surface area (Å²) in [5.41, 5.74) is 0. The lowest BCUT2D eigenvalue weighted by molar-refractivity contribution is -0.704. The number of nitrogens with one attached hydrogen (secondary N) is 1. The molecule has 0 spiro atoms. The zero-order valence-corrected chi connectivity index (χ0v) is 9.20. The van der Waals surface area contributed by atoms with E-state index in [0.29, 0.717) is 6.42 Å². The van der Waals surface area contributed by atoms with Crippen molar-refractivity contribution in [2.75, 3.05) is 13.7 Å². The molecular weight excluding hydrogens is 190 g/mol. The lowest BCUT2D eigenvalue weighted by Gasteiger charge is -1.99. The molecule has 1 rings (SSSR count). The van der Waals surface area contributed by atoms with Gasteiger partial charge >= 0.3 is 0 Å². The van der Waals surface area contributed by atoms with Gasteiger partial charge in [-0.05, 0) is 12.8 Å². The predicted molar refractivity (Wildman–Crippen MR) is 56.0 cm³/mol. The summed E-state index contributed by atoms with van der Waals surface area (Å²) >= 11 is 0. The molecule has 0 aliphatic heterocycles. The average molecular weight is 208 g/mol. The summed E-state index contributed by atoms with van der Waals surface area (Å²) in [5.74, 6) is 1.21. The molecule has 82 valence electrons. The number of imidazole rings is 1. The first-order valence-electron chi connectivity index (χ1n) is 5.30. The number of aryl methyl sites for hydroxylation is 1. The van der Waals surface area contributed by atoms with Crippen LogP contribution in [0.2, 0.25) is 0 Å². The molecule has 4 heteroatoms. The largest absolute Gasteiger partial charge is 0.381 e. The Morgan fingerprint density at radius 3 is 3.13 bits per heavy atom. The molecule has 0 bridgehead atoms. The van der Waals surface area contributed by atoms with Gasteiger partial charge in [-0.25, -0.2) is 9.55 Å². The Kier molecular flexibility index (Phi) is 5.49. The lowest BCUT2D eigenvalue weighted by Crippen LogP contribution is -2.38. The Balaban J connectivity index is 2.33. The number of rotatable bonds is 7. The van der Waals surface area contributed by atoms with Gasteiger partial charge in [-0.15, -0.1) is 0 Å². The molecule has 0 saturated carbocycles. The molecule has 1 N–H and O–H groups in total. The van der Waals surface area contributed by atoms with E-state index in [4.69, 9.17) is 10.00 Å². The van der Waals surface area contributed by atoms with E-state index < -0.39 is 0 Å². The van der Waals surface area contributed by atoms with Crippen LogP contribution in [0.5, 0.6) is 0 Å². The van der Waals surface area contributed by atoms with Crippen LogP contribution in [0.25, 0.3) is 0 Å². The van der Waals surface area contributed by atoms with Crippen LogP contribution in [-0.4, -0.2) is 18.7 Å². The minimum atomic E-state index is 0.652. The number of hydrogen-bond donors (Lipinski definition) is 1. The molecule has 0 saturated heterocycles. The maximum Gasteiger partial charge on any atom is 0.254 e. The first-order valence-corrected chi connectivity index (χ1v) is 5.30. The number of aromatic nitrogens is 2. The number of nitrogens with zero attached hydrogens (tertiary/aromatic N) is 2. The summed E-state index contributed by atoms with van der Waals surface area (Å²) < 4.78 is 7.20. The molecule has 1 aromatic heterocycles. The predicted octanol–water partition coefficient (Wildman–Crippen LogP) is 1.18. The molecule has 4 nitrogen and oxygen atoms in total. The van der Waals surface area contributed by atoms with Gasteiger partial charge in [0.15, 0.2) is 0 Å². The lowest BCUT2D eigenvalue weighted by atomic mass is 10.2. The van der Waals surface area contributed by atoms with Crippen molar-refractivity contribution in [2.45, 2.75) is 32.2 Å². The van der Waals surface area contributed by atoms with Gasteiger partial charge < -0.3 is 4.74 Å². The summed E-state index contributed by atoms with van der Waals surface area (Å²) in [7, 11) is 1.71. The zero-order valence-electron chi connectivity index (χ0n) is 9.20. The van der Waals surface area contributed by atoms with Gasteiger partial charge in [0.2, 0.25) is 0 Å². The maximum absolute atomic E-state index is 8.41. The van der Waals surface area contributed by atoms with Gasteiger partial charge in [0, 0.05) is 20.0 Å². The molecule has 0 atom stereocenters. The second kappa shape index (κ2) is 7.02. The SMILES string of the molecule is COCC[n+]1cc[nH]c1CCCCC#N. The molecule has 0 fully saturated rings. The van der Waals surface area contributed by atoms with E-state index in [1.165, 1.54) is 5.82 Å². The maximum atomic E-state index is 8.41. The van der Waals surface area contributed by atoms with E-state index >= 15 is 0 Å². The van der Waals surface area contributed by atoms with E-state index in [1.807, 2.05) is 12.4 Å². The third kappa shape index (κ3) is 4.13. The van der Waals surface area contributed by atoms with Gasteiger partial charge in [-0.1, -0.05) is 0 Å². The Morgan fingerprint density at radius 1 is 1.53 bits per heavy atom. The minimum absolute atomic E-state index is 0.652. The van der Waals surface area contributed by atoms with Crippen LogP contribution in [-0.2, 0) is 17.7 Å². The van der Waals surface area contributed by atoms with E-state index in [-0.39, 0.29) is 0 Å². The summed E-state index contributed by atoms with van der Waals surface area (Å²) in [5, 5.41) is 8.41. The molecule has 1 aromatic rings. The summed E-state index contributed by atoms with van der Waals surface area (Å²) in [6.07, 6.45) is 7.64. The van der Waals surface area contributed by atoms with Gasteiger partial charge in [0.1, 0.15) is 18.9 Å². The van der Waals surface area contributed by atoms with Crippen LogP contribution >= 0.6 is 0 Å². The molecular formula is C11H18N3O+. The Hall–Kier alpha value is -1.34. The number of aromatic amines is 1. The summed E-state index contributed by atoms with van der Waals surface area (Å²) in [4.78, 5) is 3.22. The van der Waals surface area contributed by atoms with Crippen molar-refractivity contribution in [1.82, 2.24) is 4.98 Å². The molecule has 0 radical (unpaired) electrons. The van der Waals surface area contributed by atoms with Gasteiger partial charge in [-0.3, -0.25) is 0 Å². The van der Waals surface area contributed by atoms with Gasteiger partial charge in [0.25, 0.3) is 5.82 Å². The first-order chi connectivity index (χ1) is 7.38. The average Bonchev–Trinajstić information content (AvgIpc) is 2.69. The van der Waals surface area contributed by atoms with Crippen LogP contribution in [0.1, 0.15) is 25.1 Å². The molecule has 1 heterocycles. The Bertz CT molecular complexity index is 314. The second-order valence-electron chi connectivity index (χ2n) is 3.46. The highest BCUT2D eigenvalue weighted by atomic mass is 16.5. The number of unbranched alkanes of at least 4 members (excludes halogenated alkanes) is 2. The van der Waals surface area contributed by atoms with Crippen LogP contribution in [0.15, 0.2) is 12.4 Å². The molecule has 0 aliphatic rings. The fourth-order valence-corrected chi connectivity index (χ4v) is 1.51. The van der Waals surface area contributed by atoms with Crippen molar-refractivity contribution in [1.29, 1.82) is 5.26 Å². The van der Waals surface area contributed by atoms with E-state index in [2.05, 4.69) is 15.6 Å². The molecule has 0 unspecified atom stereocenters. The molecule has 0 aromatic carbocycles. The van der Waals surface area contributed by atoms with Crippen molar-refractivity contribution < 1.29 is 9.30 Å². The standard InChI is InChI=1S/C11H17N3O/c1-15-10-9-14-8-7-13-11(14)5-3-2-4-6-12/h7-8H,2-5,9-10H2,1H3/p+1. The highest BCUT2D eigenvalue weighted by molar-refractivity contribution is 4.78. The highest BCUT2D eigenvalue weighted by Gasteiger charge is 2.08. The minimum Gasteiger partial charge on any atom is -0.381 e. The number of nitriles is 1. The fourth-order valence-electron chi connectivity index (χ4n) is 1.51. The van der Waals surface area contributed by atoms with E-state index in [1.54, 1.807) is 7.11 Å². The summed E-state index contributed by atoms with van der Waals surface area (Å²) in [6.45, 7) is 1.61. The molecule has 0 amide bonds.